The lowest BCUT2D eigenvalue weighted by atomic mass is 10.00. The molecule has 10 heteroatoms. The molecule has 0 bridgehead atoms. The molecular formula is C13H15F3N4O2S. The quantitative estimate of drug-likeness (QED) is 0.595. The minimum Gasteiger partial charge on any atom is -0.401 e. The first-order chi connectivity index (χ1) is 10.6. The molecular weight excluding hydrogens is 333 g/mol. The molecule has 4 N–H and O–H groups in total. The van der Waals surface area contributed by atoms with E-state index in [4.69, 9.17) is 11.6 Å². The molecule has 1 heterocycles. The smallest absolute Gasteiger partial charge is 0.401 e. The Labute approximate surface area is 131 Å². The number of nitrogens with zero attached hydrogens (tertiary/aromatic N) is 2. The maximum atomic E-state index is 12.6. The van der Waals surface area contributed by atoms with Crippen molar-refractivity contribution in [2.45, 2.75) is 25.1 Å². The van der Waals surface area contributed by atoms with Crippen LogP contribution in [0.4, 0.5) is 13.2 Å². The molecule has 0 spiro atoms. The number of hydrogen-bond acceptors (Lipinski definition) is 5. The van der Waals surface area contributed by atoms with Crippen LogP contribution in [-0.2, 0) is 10.0 Å². The third-order valence-corrected chi connectivity index (χ3v) is 5.10. The van der Waals surface area contributed by atoms with Gasteiger partial charge in [0.1, 0.15) is 0 Å². The van der Waals surface area contributed by atoms with Gasteiger partial charge >= 0.3 is 6.18 Å². The number of rotatable bonds is 3. The molecule has 1 atom stereocenters. The van der Waals surface area contributed by atoms with Gasteiger partial charge in [-0.25, -0.2) is 8.42 Å². The fourth-order valence-electron chi connectivity index (χ4n) is 2.11. The van der Waals surface area contributed by atoms with E-state index < -0.39 is 27.8 Å². The molecule has 0 aromatic rings. The minimum atomic E-state index is -4.54. The van der Waals surface area contributed by atoms with Gasteiger partial charge in [-0.3, -0.25) is 10.8 Å². The maximum Gasteiger partial charge on any atom is 0.416 e. The predicted octanol–water partition coefficient (Wildman–Crippen LogP) is 1.47. The van der Waals surface area contributed by atoms with Crippen LogP contribution in [0.5, 0.6) is 0 Å². The maximum absolute atomic E-state index is 12.6. The minimum absolute atomic E-state index is 0.0663. The molecule has 2 aliphatic rings. The summed E-state index contributed by atoms with van der Waals surface area (Å²) in [7, 11) is -4.09. The van der Waals surface area contributed by atoms with E-state index >= 15 is 0 Å². The van der Waals surface area contributed by atoms with Crippen molar-refractivity contribution >= 4 is 16.2 Å². The second kappa shape index (κ2) is 6.30. The first-order valence-electron chi connectivity index (χ1n) is 6.55. The highest BCUT2D eigenvalue weighted by Gasteiger charge is 2.38. The van der Waals surface area contributed by atoms with Gasteiger partial charge in [0.25, 0.3) is 10.0 Å². The van der Waals surface area contributed by atoms with Crippen molar-refractivity contribution in [3.05, 3.63) is 46.7 Å². The van der Waals surface area contributed by atoms with Gasteiger partial charge in [-0.1, -0.05) is 12.2 Å². The molecule has 126 valence electrons. The van der Waals surface area contributed by atoms with E-state index in [0.29, 0.717) is 10.5 Å². The Morgan fingerprint density at radius 2 is 2.04 bits per heavy atom. The van der Waals surface area contributed by atoms with E-state index in [0.717, 1.165) is 12.3 Å². The van der Waals surface area contributed by atoms with E-state index in [1.807, 2.05) is 0 Å². The zero-order chi connectivity index (χ0) is 17.3. The molecule has 6 nitrogen and oxygen atoms in total. The van der Waals surface area contributed by atoms with Gasteiger partial charge in [0.2, 0.25) is 0 Å². The third kappa shape index (κ3) is 3.71. The Bertz CT molecular complexity index is 733. The van der Waals surface area contributed by atoms with E-state index in [1.165, 1.54) is 6.21 Å². The summed E-state index contributed by atoms with van der Waals surface area (Å²) in [5.41, 5.74) is 4.41. The van der Waals surface area contributed by atoms with Gasteiger partial charge in [0.15, 0.2) is 0 Å². The summed E-state index contributed by atoms with van der Waals surface area (Å²) in [6.45, 7) is 0. The normalized spacial score (nSPS) is 22.5. The first kappa shape index (κ1) is 17.4. The molecule has 0 saturated heterocycles. The van der Waals surface area contributed by atoms with Crippen molar-refractivity contribution in [3.8, 4) is 0 Å². The average Bonchev–Trinajstić information content (AvgIpc) is 2.75. The zero-order valence-corrected chi connectivity index (χ0v) is 12.7. The highest BCUT2D eigenvalue weighted by molar-refractivity contribution is 7.93. The molecule has 0 aromatic carbocycles. The Kier molecular flexibility index (Phi) is 4.78. The van der Waals surface area contributed by atoms with E-state index in [-0.39, 0.29) is 23.4 Å². The lowest BCUT2D eigenvalue weighted by Crippen LogP contribution is -2.49. The largest absolute Gasteiger partial charge is 0.416 e. The fraction of sp³-hybridized carbons (Fsp3) is 0.308. The van der Waals surface area contributed by atoms with Gasteiger partial charge < -0.3 is 5.73 Å². The number of aliphatic imine (C=N–C) groups is 1. The van der Waals surface area contributed by atoms with Crippen LogP contribution >= 0.6 is 0 Å². The van der Waals surface area contributed by atoms with E-state index in [1.54, 1.807) is 12.2 Å². The van der Waals surface area contributed by atoms with Crippen molar-refractivity contribution in [2.24, 2.45) is 16.6 Å². The fourth-order valence-corrected chi connectivity index (χ4v) is 3.42. The molecule has 0 aromatic heterocycles. The summed E-state index contributed by atoms with van der Waals surface area (Å²) in [6.07, 6.45) is 2.56. The predicted molar refractivity (Wildman–Crippen MR) is 80.1 cm³/mol. The third-order valence-electron chi connectivity index (χ3n) is 3.36. The number of nitrogens with two attached hydrogens (primary N) is 2. The molecule has 2 rings (SSSR count). The SMILES string of the molecule is NC1=CC(C(F)(F)F)=CCC1N(N)S(=O)(=O)C1=CN=CC=CC1. The number of hydrogen-bond donors (Lipinski definition) is 2. The van der Waals surface area contributed by atoms with Crippen LogP contribution in [0, 0.1) is 0 Å². The van der Waals surface area contributed by atoms with Gasteiger partial charge in [-0.05, 0) is 18.6 Å². The molecule has 0 fully saturated rings. The number of hydrazine groups is 1. The Hall–Kier alpha value is -1.91. The Morgan fingerprint density at radius 3 is 2.65 bits per heavy atom. The van der Waals surface area contributed by atoms with Crippen molar-refractivity contribution in [1.29, 1.82) is 0 Å². The van der Waals surface area contributed by atoms with Crippen LogP contribution in [-0.4, -0.2) is 31.3 Å². The standard InChI is InChI=1S/C13H15F3N4O2S/c14-13(15,16)9-4-5-12(11(17)7-9)20(18)23(21,22)10-3-1-2-6-19-8-10/h1-2,4,6-8,12H,3,5,17-18H2. The van der Waals surface area contributed by atoms with Crippen LogP contribution in [0.1, 0.15) is 12.8 Å². The van der Waals surface area contributed by atoms with Crippen LogP contribution in [0.3, 0.4) is 0 Å². The lowest BCUT2D eigenvalue weighted by Gasteiger charge is -2.29. The zero-order valence-electron chi connectivity index (χ0n) is 11.9. The molecule has 1 aliphatic carbocycles. The Morgan fingerprint density at radius 1 is 1.35 bits per heavy atom. The number of allylic oxidation sites excluding steroid dienone is 5. The number of sulfonamides is 1. The van der Waals surface area contributed by atoms with Crippen LogP contribution in [0.15, 0.2) is 51.7 Å². The molecule has 1 aliphatic heterocycles. The summed E-state index contributed by atoms with van der Waals surface area (Å²) >= 11 is 0. The van der Waals surface area contributed by atoms with Crippen molar-refractivity contribution in [1.82, 2.24) is 4.41 Å². The summed E-state index contributed by atoms with van der Waals surface area (Å²) < 4.78 is 63.4. The summed E-state index contributed by atoms with van der Waals surface area (Å²) in [6, 6.07) is -1.08. The van der Waals surface area contributed by atoms with Crippen LogP contribution in [0.2, 0.25) is 0 Å². The van der Waals surface area contributed by atoms with Gasteiger partial charge in [0, 0.05) is 24.5 Å². The monoisotopic (exact) mass is 348 g/mol. The van der Waals surface area contributed by atoms with Crippen LogP contribution < -0.4 is 11.6 Å². The number of alkyl halides is 3. The van der Waals surface area contributed by atoms with Crippen molar-refractivity contribution in [3.63, 3.8) is 0 Å². The second-order valence-electron chi connectivity index (χ2n) is 4.91. The van der Waals surface area contributed by atoms with E-state index in [9.17, 15) is 21.6 Å². The lowest BCUT2D eigenvalue weighted by molar-refractivity contribution is -0.0888. The molecule has 1 unspecified atom stereocenters. The van der Waals surface area contributed by atoms with Crippen molar-refractivity contribution < 1.29 is 21.6 Å². The molecule has 0 amide bonds. The molecule has 0 saturated carbocycles. The Balaban J connectivity index is 2.25. The summed E-state index contributed by atoms with van der Waals surface area (Å²) in [5, 5.41) is 0. The highest BCUT2D eigenvalue weighted by atomic mass is 32.2. The second-order valence-corrected chi connectivity index (χ2v) is 6.81. The van der Waals surface area contributed by atoms with E-state index in [2.05, 4.69) is 4.99 Å². The topological polar surface area (TPSA) is 102 Å². The highest BCUT2D eigenvalue weighted by Crippen LogP contribution is 2.32. The summed E-state index contributed by atoms with van der Waals surface area (Å²) in [4.78, 5) is 3.70. The van der Waals surface area contributed by atoms with Gasteiger partial charge in [-0.2, -0.15) is 13.2 Å². The first-order valence-corrected chi connectivity index (χ1v) is 7.99. The summed E-state index contributed by atoms with van der Waals surface area (Å²) in [5.74, 6) is 5.65. The van der Waals surface area contributed by atoms with Gasteiger partial charge in [0.05, 0.1) is 16.5 Å². The average molecular weight is 348 g/mol. The van der Waals surface area contributed by atoms with Crippen LogP contribution in [0.25, 0.3) is 0 Å². The molecule has 23 heavy (non-hydrogen) atoms. The number of halogens is 3. The van der Waals surface area contributed by atoms with Crippen molar-refractivity contribution in [2.75, 3.05) is 0 Å². The van der Waals surface area contributed by atoms with Gasteiger partial charge in [-0.15, -0.1) is 4.41 Å². The molecule has 0 radical (unpaired) electrons.